The highest BCUT2D eigenvalue weighted by Gasteiger charge is 2.10. The number of guanidine groups is 1. The van der Waals surface area contributed by atoms with Gasteiger partial charge in [-0.25, -0.2) is 0 Å². The van der Waals surface area contributed by atoms with E-state index in [4.69, 9.17) is 10.9 Å². The summed E-state index contributed by atoms with van der Waals surface area (Å²) in [7, 11) is 0. The number of hydrogen-bond acceptors (Lipinski definition) is 2. The maximum atomic E-state index is 8.40. The number of oxime groups is 1. The summed E-state index contributed by atoms with van der Waals surface area (Å²) >= 11 is 0. The van der Waals surface area contributed by atoms with E-state index in [1.807, 2.05) is 18.7 Å². The predicted molar refractivity (Wildman–Crippen MR) is 45.5 cm³/mol. The molecule has 0 spiro atoms. The molecule has 0 rings (SSSR count). The number of rotatable bonds is 3. The molecule has 0 unspecified atom stereocenters. The Bertz CT molecular complexity index is 134. The van der Waals surface area contributed by atoms with Crippen LogP contribution < -0.4 is 5.73 Å². The zero-order chi connectivity index (χ0) is 8.85. The first kappa shape index (κ1) is 10.1. The lowest BCUT2D eigenvalue weighted by atomic mass is 10.3. The molecule has 0 heterocycles. The Labute approximate surface area is 67.7 Å². The second-order valence-electron chi connectivity index (χ2n) is 2.75. The van der Waals surface area contributed by atoms with Crippen LogP contribution in [-0.2, 0) is 0 Å². The van der Waals surface area contributed by atoms with Crippen molar-refractivity contribution in [1.82, 2.24) is 4.90 Å². The Morgan fingerprint density at radius 3 is 2.45 bits per heavy atom. The molecule has 3 N–H and O–H groups in total. The predicted octanol–water partition coefficient (Wildman–Crippen LogP) is 0.811. The van der Waals surface area contributed by atoms with Crippen molar-refractivity contribution in [2.24, 2.45) is 10.9 Å². The van der Waals surface area contributed by atoms with E-state index in [0.717, 1.165) is 13.0 Å². The Balaban J connectivity index is 4.10. The minimum atomic E-state index is 0.196. The maximum absolute atomic E-state index is 8.40. The second-order valence-corrected chi connectivity index (χ2v) is 2.75. The molecule has 0 aromatic rings. The molecule has 0 saturated heterocycles. The topological polar surface area (TPSA) is 61.8 Å². The largest absolute Gasteiger partial charge is 0.408 e. The summed E-state index contributed by atoms with van der Waals surface area (Å²) in [6.07, 6.45) is 0.994. The first-order valence-corrected chi connectivity index (χ1v) is 3.87. The van der Waals surface area contributed by atoms with Crippen molar-refractivity contribution in [2.75, 3.05) is 6.54 Å². The van der Waals surface area contributed by atoms with Gasteiger partial charge in [-0.3, -0.25) is 0 Å². The smallest absolute Gasteiger partial charge is 0.233 e. The highest BCUT2D eigenvalue weighted by atomic mass is 16.4. The third-order valence-corrected chi connectivity index (χ3v) is 1.48. The Kier molecular flexibility index (Phi) is 4.41. The average Bonchev–Trinajstić information content (AvgIpc) is 1.98. The number of nitrogens with zero attached hydrogens (tertiary/aromatic N) is 2. The first-order chi connectivity index (χ1) is 5.13. The van der Waals surface area contributed by atoms with Crippen LogP contribution >= 0.6 is 0 Å². The molecule has 0 amide bonds. The van der Waals surface area contributed by atoms with E-state index in [2.05, 4.69) is 12.1 Å². The van der Waals surface area contributed by atoms with Crippen LogP contribution in [0, 0.1) is 0 Å². The van der Waals surface area contributed by atoms with Crippen LogP contribution in [0.3, 0.4) is 0 Å². The molecule has 0 saturated carbocycles. The van der Waals surface area contributed by atoms with Crippen LogP contribution in [0.15, 0.2) is 5.16 Å². The van der Waals surface area contributed by atoms with E-state index in [1.54, 1.807) is 0 Å². The van der Waals surface area contributed by atoms with Crippen molar-refractivity contribution in [3.8, 4) is 0 Å². The van der Waals surface area contributed by atoms with Gasteiger partial charge in [0, 0.05) is 12.6 Å². The van der Waals surface area contributed by atoms with Crippen molar-refractivity contribution >= 4 is 5.96 Å². The van der Waals surface area contributed by atoms with Gasteiger partial charge in [-0.2, -0.15) is 0 Å². The van der Waals surface area contributed by atoms with Crippen LogP contribution in [0.25, 0.3) is 0 Å². The van der Waals surface area contributed by atoms with Crippen molar-refractivity contribution in [1.29, 1.82) is 0 Å². The standard InChI is InChI=1S/C7H17N3O/c1-4-5-10(6(2)3)7(8)9-11/h6,11H,4-5H2,1-3H3,(H2,8,9). The van der Waals surface area contributed by atoms with Crippen LogP contribution in [0.2, 0.25) is 0 Å². The molecular formula is C7H17N3O. The van der Waals surface area contributed by atoms with Crippen molar-refractivity contribution < 1.29 is 5.21 Å². The minimum absolute atomic E-state index is 0.196. The van der Waals surface area contributed by atoms with E-state index in [0.29, 0.717) is 0 Å². The molecule has 0 radical (unpaired) electrons. The maximum Gasteiger partial charge on any atom is 0.233 e. The lowest BCUT2D eigenvalue weighted by Crippen LogP contribution is -2.42. The molecule has 0 aliphatic carbocycles. The number of hydrogen-bond donors (Lipinski definition) is 2. The molecule has 4 nitrogen and oxygen atoms in total. The molecule has 66 valence electrons. The van der Waals surface area contributed by atoms with Gasteiger partial charge < -0.3 is 15.8 Å². The summed E-state index contributed by atoms with van der Waals surface area (Å²) in [5.74, 6) is 0.196. The minimum Gasteiger partial charge on any atom is -0.408 e. The lowest BCUT2D eigenvalue weighted by Gasteiger charge is -2.25. The molecule has 0 atom stereocenters. The summed E-state index contributed by atoms with van der Waals surface area (Å²) in [5.41, 5.74) is 5.43. The van der Waals surface area contributed by atoms with E-state index in [1.165, 1.54) is 0 Å². The normalized spacial score (nSPS) is 12.2. The second kappa shape index (κ2) is 4.82. The van der Waals surface area contributed by atoms with Gasteiger partial charge in [0.05, 0.1) is 0 Å². The fourth-order valence-corrected chi connectivity index (χ4v) is 0.936. The fourth-order valence-electron chi connectivity index (χ4n) is 0.936. The highest BCUT2D eigenvalue weighted by molar-refractivity contribution is 5.77. The Hall–Kier alpha value is -0.930. The third-order valence-electron chi connectivity index (χ3n) is 1.48. The van der Waals surface area contributed by atoms with Gasteiger partial charge in [0.1, 0.15) is 0 Å². The van der Waals surface area contributed by atoms with Gasteiger partial charge in [-0.05, 0) is 20.3 Å². The highest BCUT2D eigenvalue weighted by Crippen LogP contribution is 1.98. The van der Waals surface area contributed by atoms with Crippen LogP contribution in [0.1, 0.15) is 27.2 Å². The molecule has 0 aliphatic rings. The quantitative estimate of drug-likeness (QED) is 0.277. The summed E-state index contributed by atoms with van der Waals surface area (Å²) in [4.78, 5) is 1.85. The molecule has 0 aromatic heterocycles. The Morgan fingerprint density at radius 2 is 2.18 bits per heavy atom. The van der Waals surface area contributed by atoms with Crippen molar-refractivity contribution in [3.05, 3.63) is 0 Å². The van der Waals surface area contributed by atoms with E-state index >= 15 is 0 Å². The van der Waals surface area contributed by atoms with Gasteiger partial charge in [0.15, 0.2) is 0 Å². The number of nitrogens with two attached hydrogens (primary N) is 1. The van der Waals surface area contributed by atoms with Crippen LogP contribution in [0.4, 0.5) is 0 Å². The molecule has 0 fully saturated rings. The van der Waals surface area contributed by atoms with Gasteiger partial charge in [0.2, 0.25) is 5.96 Å². The lowest BCUT2D eigenvalue weighted by molar-refractivity contribution is 0.282. The average molecular weight is 159 g/mol. The third kappa shape index (κ3) is 3.11. The molecular weight excluding hydrogens is 142 g/mol. The molecule has 0 bridgehead atoms. The molecule has 0 aliphatic heterocycles. The SMILES string of the molecule is CCCN(C(N)=NO)C(C)C. The molecule has 0 aromatic carbocycles. The van der Waals surface area contributed by atoms with Crippen molar-refractivity contribution in [2.45, 2.75) is 33.2 Å². The molecule has 11 heavy (non-hydrogen) atoms. The zero-order valence-corrected chi connectivity index (χ0v) is 7.41. The van der Waals surface area contributed by atoms with Gasteiger partial charge in [-0.15, -0.1) is 0 Å². The van der Waals surface area contributed by atoms with Gasteiger partial charge in [0.25, 0.3) is 0 Å². The summed E-state index contributed by atoms with van der Waals surface area (Å²) in [6, 6.07) is 0.283. The fraction of sp³-hybridized carbons (Fsp3) is 0.857. The Morgan fingerprint density at radius 1 is 1.64 bits per heavy atom. The summed E-state index contributed by atoms with van der Waals surface area (Å²) < 4.78 is 0. The first-order valence-electron chi connectivity index (χ1n) is 3.87. The van der Waals surface area contributed by atoms with E-state index in [9.17, 15) is 0 Å². The zero-order valence-electron chi connectivity index (χ0n) is 7.41. The van der Waals surface area contributed by atoms with E-state index in [-0.39, 0.29) is 12.0 Å². The van der Waals surface area contributed by atoms with Crippen LogP contribution in [0.5, 0.6) is 0 Å². The van der Waals surface area contributed by atoms with Crippen molar-refractivity contribution in [3.63, 3.8) is 0 Å². The summed E-state index contributed by atoms with van der Waals surface area (Å²) in [5, 5.41) is 11.4. The van der Waals surface area contributed by atoms with Gasteiger partial charge >= 0.3 is 0 Å². The summed E-state index contributed by atoms with van der Waals surface area (Å²) in [6.45, 7) is 6.90. The van der Waals surface area contributed by atoms with Gasteiger partial charge in [-0.1, -0.05) is 12.1 Å². The van der Waals surface area contributed by atoms with Crippen LogP contribution in [-0.4, -0.2) is 28.7 Å². The molecule has 4 heteroatoms. The monoisotopic (exact) mass is 159 g/mol. The van der Waals surface area contributed by atoms with E-state index < -0.39 is 0 Å².